The number of rotatable bonds is 11. The number of hydrogen-bond donors (Lipinski definition) is 5. The first kappa shape index (κ1) is 34.0. The zero-order valence-corrected chi connectivity index (χ0v) is 25.2. The van der Waals surface area contributed by atoms with Gasteiger partial charge in [-0.3, -0.25) is 25.0 Å². The molecule has 0 aliphatic carbocycles. The number of aromatic nitrogens is 1. The van der Waals surface area contributed by atoms with Crippen LogP contribution in [0.1, 0.15) is 63.8 Å². The zero-order chi connectivity index (χ0) is 28.2. The van der Waals surface area contributed by atoms with E-state index in [1.165, 1.54) is 36.7 Å². The SMILES string of the molecule is CC(C)(C)OC(=O)NNC(=O)CCCCCNC(=O)c1ccc(N/N=C/c2ccccc2S(=O)(=O)O)nc1.[H-].[Na+]. The van der Waals surface area contributed by atoms with E-state index in [1.807, 2.05) is 0 Å². The summed E-state index contributed by atoms with van der Waals surface area (Å²) in [7, 11) is -4.39. The molecule has 0 aliphatic rings. The van der Waals surface area contributed by atoms with Crippen molar-refractivity contribution in [3.8, 4) is 0 Å². The number of benzene rings is 1. The van der Waals surface area contributed by atoms with Crippen molar-refractivity contribution in [2.24, 2.45) is 5.10 Å². The second kappa shape index (κ2) is 16.2. The molecule has 2 aromatic rings. The van der Waals surface area contributed by atoms with Crippen molar-refractivity contribution in [1.29, 1.82) is 0 Å². The van der Waals surface area contributed by atoms with Gasteiger partial charge in [-0.2, -0.15) is 13.5 Å². The molecule has 39 heavy (non-hydrogen) atoms. The predicted octanol–water partition coefficient (Wildman–Crippen LogP) is -0.263. The number of nitrogens with zero attached hydrogens (tertiary/aromatic N) is 2. The van der Waals surface area contributed by atoms with Gasteiger partial charge in [0.15, 0.2) is 0 Å². The van der Waals surface area contributed by atoms with Gasteiger partial charge < -0.3 is 11.5 Å². The number of carbonyl (C=O) groups is 3. The number of anilines is 1. The monoisotopic (exact) mass is 572 g/mol. The van der Waals surface area contributed by atoms with E-state index in [1.54, 1.807) is 32.9 Å². The number of hydrazine groups is 1. The Morgan fingerprint density at radius 3 is 2.44 bits per heavy atom. The van der Waals surface area contributed by atoms with Gasteiger partial charge in [-0.1, -0.05) is 24.6 Å². The van der Waals surface area contributed by atoms with Crippen molar-refractivity contribution in [2.45, 2.75) is 57.0 Å². The Labute approximate surface area is 251 Å². The van der Waals surface area contributed by atoms with Crippen molar-refractivity contribution < 1.29 is 63.1 Å². The first-order valence-electron chi connectivity index (χ1n) is 11.7. The molecule has 1 heterocycles. The average Bonchev–Trinajstić information content (AvgIpc) is 2.84. The van der Waals surface area contributed by atoms with Gasteiger partial charge >= 0.3 is 35.7 Å². The smallest absolute Gasteiger partial charge is 1.00 e. The molecule has 0 unspecified atom stereocenters. The Hall–Kier alpha value is -3.04. The van der Waals surface area contributed by atoms with Gasteiger partial charge in [-0.15, -0.1) is 0 Å². The van der Waals surface area contributed by atoms with E-state index in [0.29, 0.717) is 37.2 Å². The van der Waals surface area contributed by atoms with Crippen LogP contribution in [0.4, 0.5) is 10.6 Å². The molecule has 0 saturated carbocycles. The Bertz CT molecular complexity index is 1260. The summed E-state index contributed by atoms with van der Waals surface area (Å²) in [6.45, 7) is 5.56. The van der Waals surface area contributed by atoms with Crippen molar-refractivity contribution in [3.63, 3.8) is 0 Å². The molecular formula is C24H33N6NaO7S. The minimum atomic E-state index is -4.39. The van der Waals surface area contributed by atoms with Crippen LogP contribution in [0.25, 0.3) is 0 Å². The predicted molar refractivity (Wildman–Crippen MR) is 141 cm³/mol. The van der Waals surface area contributed by atoms with Gasteiger partial charge in [0.25, 0.3) is 16.0 Å². The number of nitrogens with one attached hydrogen (secondary N) is 4. The van der Waals surface area contributed by atoms with Crippen molar-refractivity contribution in [1.82, 2.24) is 21.2 Å². The Kier molecular flexibility index (Phi) is 14.1. The number of unbranched alkanes of at least 4 members (excludes halogenated alkanes) is 2. The zero-order valence-electron chi connectivity index (χ0n) is 23.4. The van der Waals surface area contributed by atoms with E-state index in [9.17, 15) is 27.4 Å². The van der Waals surface area contributed by atoms with E-state index in [2.05, 4.69) is 31.7 Å². The molecule has 0 fully saturated rings. The molecule has 0 atom stereocenters. The molecule has 5 N–H and O–H groups in total. The third-order valence-electron chi connectivity index (χ3n) is 4.67. The van der Waals surface area contributed by atoms with Crippen LogP contribution in [0.2, 0.25) is 0 Å². The van der Waals surface area contributed by atoms with Crippen molar-refractivity contribution in [3.05, 3.63) is 53.7 Å². The summed E-state index contributed by atoms with van der Waals surface area (Å²) < 4.78 is 37.1. The van der Waals surface area contributed by atoms with Crippen molar-refractivity contribution >= 4 is 40.1 Å². The maximum Gasteiger partial charge on any atom is 1.00 e. The molecular weight excluding hydrogens is 539 g/mol. The van der Waals surface area contributed by atoms with E-state index in [-0.39, 0.29) is 59.7 Å². The van der Waals surface area contributed by atoms with Crippen LogP contribution < -0.4 is 51.2 Å². The molecule has 208 valence electrons. The Morgan fingerprint density at radius 2 is 1.79 bits per heavy atom. The van der Waals surface area contributed by atoms with Crippen LogP contribution in [0.3, 0.4) is 0 Å². The van der Waals surface area contributed by atoms with Crippen LogP contribution in [-0.2, 0) is 19.6 Å². The summed E-state index contributed by atoms with van der Waals surface area (Å²) in [5.74, 6) is -0.331. The number of hydrazone groups is 1. The molecule has 0 aliphatic heterocycles. The maximum atomic E-state index is 12.3. The van der Waals surface area contributed by atoms with E-state index in [4.69, 9.17) is 4.74 Å². The molecule has 0 spiro atoms. The Balaban J connectivity index is 0.00000760. The molecule has 13 nitrogen and oxygen atoms in total. The third kappa shape index (κ3) is 13.5. The summed E-state index contributed by atoms with van der Waals surface area (Å²) in [6.07, 6.45) is 4.00. The minimum absolute atomic E-state index is 0. The molecule has 15 heteroatoms. The van der Waals surface area contributed by atoms with Gasteiger partial charge in [-0.25, -0.2) is 15.2 Å². The van der Waals surface area contributed by atoms with Gasteiger partial charge in [0.05, 0.1) is 11.8 Å². The van der Waals surface area contributed by atoms with Gasteiger partial charge in [0, 0.05) is 24.7 Å². The minimum Gasteiger partial charge on any atom is -1.00 e. The van der Waals surface area contributed by atoms with E-state index < -0.39 is 21.8 Å². The maximum absolute atomic E-state index is 12.3. The largest absolute Gasteiger partial charge is 1.00 e. The normalized spacial score (nSPS) is 11.3. The summed E-state index contributed by atoms with van der Waals surface area (Å²) >= 11 is 0. The number of pyridine rings is 1. The molecule has 1 aromatic carbocycles. The fraction of sp³-hybridized carbons (Fsp3) is 0.375. The van der Waals surface area contributed by atoms with Gasteiger partial charge in [-0.05, 0) is 51.8 Å². The van der Waals surface area contributed by atoms with E-state index in [0.717, 1.165) is 0 Å². The average molecular weight is 573 g/mol. The first-order chi connectivity index (χ1) is 17.8. The fourth-order valence-corrected chi connectivity index (χ4v) is 3.63. The number of amides is 3. The fourth-order valence-electron chi connectivity index (χ4n) is 2.96. The summed E-state index contributed by atoms with van der Waals surface area (Å²) in [4.78, 5) is 39.3. The second-order valence-electron chi connectivity index (χ2n) is 9.06. The number of carbonyl (C=O) groups excluding carboxylic acids is 3. The third-order valence-corrected chi connectivity index (χ3v) is 5.60. The molecule has 3 amide bonds. The van der Waals surface area contributed by atoms with Crippen LogP contribution in [-0.4, -0.2) is 54.2 Å². The second-order valence-corrected chi connectivity index (χ2v) is 10.4. The summed E-state index contributed by atoms with van der Waals surface area (Å²) in [6, 6.07) is 8.90. The summed E-state index contributed by atoms with van der Waals surface area (Å²) in [5.41, 5.74) is 6.96. The van der Waals surface area contributed by atoms with Crippen molar-refractivity contribution in [2.75, 3.05) is 12.0 Å². The summed E-state index contributed by atoms with van der Waals surface area (Å²) in [5, 5.41) is 6.69. The van der Waals surface area contributed by atoms with Gasteiger partial charge in [0.1, 0.15) is 16.3 Å². The standard InChI is InChI=1S/C24H32N6O7S.Na.H/c1-24(2,3)37-23(33)30-29-21(31)11-5-4-8-14-25-22(32)18-12-13-20(26-15-18)28-27-16-17-9-6-7-10-19(17)38(34,35)36;;/h6-7,9-10,12-13,15-16H,4-5,8,11,14H2,1-3H3,(H,25,32)(H,26,28)(H,29,31)(H,30,33)(H,34,35,36);;/q;+1;-1/b27-16+;;. The first-order valence-corrected chi connectivity index (χ1v) is 13.2. The molecule has 0 saturated heterocycles. The molecule has 0 radical (unpaired) electrons. The molecule has 2 rings (SSSR count). The quantitative estimate of drug-likeness (QED) is 0.0794. The molecule has 0 bridgehead atoms. The van der Waals surface area contributed by atoms with Gasteiger partial charge in [0.2, 0.25) is 5.91 Å². The molecule has 1 aromatic heterocycles. The number of ether oxygens (including phenoxy) is 1. The van der Waals surface area contributed by atoms with Crippen LogP contribution in [0.15, 0.2) is 52.6 Å². The topological polar surface area (TPSA) is 188 Å². The van der Waals surface area contributed by atoms with Crippen LogP contribution in [0, 0.1) is 0 Å². The number of hydrogen-bond acceptors (Lipinski definition) is 9. The van der Waals surface area contributed by atoms with E-state index >= 15 is 0 Å². The van der Waals surface area contributed by atoms with Crippen LogP contribution in [0.5, 0.6) is 0 Å². The Morgan fingerprint density at radius 1 is 1.08 bits per heavy atom. The van der Waals surface area contributed by atoms with Crippen LogP contribution >= 0.6 is 0 Å².